The van der Waals surface area contributed by atoms with Crippen LogP contribution >= 0.6 is 11.3 Å². The lowest BCUT2D eigenvalue weighted by atomic mass is 9.93. The van der Waals surface area contributed by atoms with Crippen molar-refractivity contribution in [3.63, 3.8) is 0 Å². The zero-order valence-electron chi connectivity index (χ0n) is 12.0. The smallest absolute Gasteiger partial charge is 0.107 e. The molecule has 0 spiro atoms. The second kappa shape index (κ2) is 5.68. The molecule has 102 valence electrons. The van der Waals surface area contributed by atoms with Crippen LogP contribution in [-0.2, 0) is 6.54 Å². The molecule has 1 aromatic heterocycles. The molecule has 0 saturated carbocycles. The Morgan fingerprint density at radius 1 is 1.56 bits per heavy atom. The number of nitrogens with zero attached hydrogens (tertiary/aromatic N) is 2. The Hall–Kier alpha value is -0.450. The van der Waals surface area contributed by atoms with Gasteiger partial charge in [0.2, 0.25) is 0 Å². The van der Waals surface area contributed by atoms with E-state index in [0.717, 1.165) is 19.6 Å². The van der Waals surface area contributed by atoms with Gasteiger partial charge in [-0.05, 0) is 26.7 Å². The summed E-state index contributed by atoms with van der Waals surface area (Å²) < 4.78 is 0. The van der Waals surface area contributed by atoms with Crippen LogP contribution in [0.25, 0.3) is 0 Å². The average molecular weight is 267 g/mol. The molecule has 4 heteroatoms. The minimum Gasteiger partial charge on any atom is -0.309 e. The number of hydrogen-bond donors (Lipinski definition) is 1. The zero-order valence-corrected chi connectivity index (χ0v) is 12.8. The molecular weight excluding hydrogens is 242 g/mol. The summed E-state index contributed by atoms with van der Waals surface area (Å²) in [5.41, 5.74) is 0.262. The molecule has 1 aliphatic rings. The summed E-state index contributed by atoms with van der Waals surface area (Å²) >= 11 is 1.83. The van der Waals surface area contributed by atoms with E-state index in [0.29, 0.717) is 6.04 Å². The number of piperazine rings is 1. The van der Waals surface area contributed by atoms with Crippen LogP contribution in [0, 0.1) is 6.92 Å². The lowest BCUT2D eigenvalue weighted by Crippen LogP contribution is -2.62. The molecule has 2 unspecified atom stereocenters. The third-order valence-corrected chi connectivity index (χ3v) is 4.99. The second-order valence-corrected chi connectivity index (χ2v) is 6.95. The van der Waals surface area contributed by atoms with Gasteiger partial charge in [-0.3, -0.25) is 4.90 Å². The van der Waals surface area contributed by atoms with Crippen molar-refractivity contribution in [1.29, 1.82) is 0 Å². The van der Waals surface area contributed by atoms with Crippen LogP contribution in [0.1, 0.15) is 43.5 Å². The van der Waals surface area contributed by atoms with E-state index in [9.17, 15) is 0 Å². The molecule has 0 aliphatic carbocycles. The molecule has 1 saturated heterocycles. The van der Waals surface area contributed by atoms with Crippen molar-refractivity contribution in [3.8, 4) is 0 Å². The standard InChI is InChI=1S/C14H25N3S/c1-5-12-8-16-14(4,6-2)10-17(12)9-13-15-7-11(3)18-13/h7,12,16H,5-6,8-10H2,1-4H3. The van der Waals surface area contributed by atoms with Crippen molar-refractivity contribution >= 4 is 11.3 Å². The first-order valence-electron chi connectivity index (χ1n) is 6.96. The summed E-state index contributed by atoms with van der Waals surface area (Å²) in [6.45, 7) is 12.2. The van der Waals surface area contributed by atoms with E-state index in [1.165, 1.54) is 22.7 Å². The topological polar surface area (TPSA) is 28.2 Å². The highest BCUT2D eigenvalue weighted by molar-refractivity contribution is 7.11. The van der Waals surface area contributed by atoms with Gasteiger partial charge in [0, 0.05) is 35.7 Å². The summed E-state index contributed by atoms with van der Waals surface area (Å²) in [5.74, 6) is 0. The highest BCUT2D eigenvalue weighted by Gasteiger charge is 2.33. The van der Waals surface area contributed by atoms with Crippen LogP contribution in [0.15, 0.2) is 6.20 Å². The SMILES string of the molecule is CCC1CNC(C)(CC)CN1Cc1ncc(C)s1. The molecule has 2 atom stereocenters. The Labute approximate surface area is 115 Å². The fourth-order valence-electron chi connectivity index (χ4n) is 2.60. The third kappa shape index (κ3) is 3.11. The van der Waals surface area contributed by atoms with Gasteiger partial charge >= 0.3 is 0 Å². The monoisotopic (exact) mass is 267 g/mol. The van der Waals surface area contributed by atoms with Crippen molar-refractivity contribution in [2.75, 3.05) is 13.1 Å². The highest BCUT2D eigenvalue weighted by Crippen LogP contribution is 2.23. The van der Waals surface area contributed by atoms with E-state index in [-0.39, 0.29) is 5.54 Å². The molecule has 1 aromatic rings. The Morgan fingerprint density at radius 3 is 2.89 bits per heavy atom. The largest absolute Gasteiger partial charge is 0.309 e. The van der Waals surface area contributed by atoms with Crippen LogP contribution in [0.5, 0.6) is 0 Å². The van der Waals surface area contributed by atoms with Gasteiger partial charge in [-0.15, -0.1) is 11.3 Å². The van der Waals surface area contributed by atoms with Crippen molar-refractivity contribution in [3.05, 3.63) is 16.1 Å². The number of aromatic nitrogens is 1. The molecule has 1 fully saturated rings. The quantitative estimate of drug-likeness (QED) is 0.909. The third-order valence-electron chi connectivity index (χ3n) is 4.09. The van der Waals surface area contributed by atoms with Gasteiger partial charge in [0.1, 0.15) is 5.01 Å². The van der Waals surface area contributed by atoms with Crippen molar-refractivity contribution < 1.29 is 0 Å². The fourth-order valence-corrected chi connectivity index (χ4v) is 3.41. The van der Waals surface area contributed by atoms with Gasteiger partial charge in [-0.25, -0.2) is 4.98 Å². The first-order valence-corrected chi connectivity index (χ1v) is 7.78. The highest BCUT2D eigenvalue weighted by atomic mass is 32.1. The van der Waals surface area contributed by atoms with E-state index < -0.39 is 0 Å². The van der Waals surface area contributed by atoms with E-state index in [4.69, 9.17) is 0 Å². The van der Waals surface area contributed by atoms with Gasteiger partial charge in [0.05, 0.1) is 6.54 Å². The molecule has 0 radical (unpaired) electrons. The Bertz CT molecular complexity index is 390. The van der Waals surface area contributed by atoms with Gasteiger partial charge in [0.15, 0.2) is 0 Å². The van der Waals surface area contributed by atoms with Crippen LogP contribution < -0.4 is 5.32 Å². The summed E-state index contributed by atoms with van der Waals surface area (Å²) in [6, 6.07) is 0.647. The van der Waals surface area contributed by atoms with Crippen LogP contribution in [-0.4, -0.2) is 34.6 Å². The van der Waals surface area contributed by atoms with Gasteiger partial charge in [-0.1, -0.05) is 13.8 Å². The Kier molecular flexibility index (Phi) is 4.41. The second-order valence-electron chi connectivity index (χ2n) is 5.63. The molecule has 18 heavy (non-hydrogen) atoms. The van der Waals surface area contributed by atoms with Crippen LogP contribution in [0.3, 0.4) is 0 Å². The Balaban J connectivity index is 2.06. The summed E-state index contributed by atoms with van der Waals surface area (Å²) in [5, 5.41) is 4.96. The number of nitrogens with one attached hydrogen (secondary N) is 1. The summed E-state index contributed by atoms with van der Waals surface area (Å²) in [7, 11) is 0. The lowest BCUT2D eigenvalue weighted by Gasteiger charge is -2.45. The maximum absolute atomic E-state index is 4.51. The first-order chi connectivity index (χ1) is 8.56. The van der Waals surface area contributed by atoms with E-state index in [2.05, 4.69) is 42.9 Å². The normalized spacial score (nSPS) is 29.7. The van der Waals surface area contributed by atoms with E-state index >= 15 is 0 Å². The van der Waals surface area contributed by atoms with E-state index in [1.54, 1.807) is 0 Å². The molecule has 0 aromatic carbocycles. The zero-order chi connectivity index (χ0) is 13.2. The average Bonchev–Trinajstić information content (AvgIpc) is 2.75. The maximum Gasteiger partial charge on any atom is 0.107 e. The predicted molar refractivity (Wildman–Crippen MR) is 78.0 cm³/mol. The number of hydrogen-bond acceptors (Lipinski definition) is 4. The van der Waals surface area contributed by atoms with Crippen molar-refractivity contribution in [2.24, 2.45) is 0 Å². The molecular formula is C14H25N3S. The van der Waals surface area contributed by atoms with Crippen LogP contribution in [0.4, 0.5) is 0 Å². The predicted octanol–water partition coefficient (Wildman–Crippen LogP) is 2.80. The van der Waals surface area contributed by atoms with Crippen molar-refractivity contribution in [1.82, 2.24) is 15.2 Å². The van der Waals surface area contributed by atoms with Gasteiger partial charge in [-0.2, -0.15) is 0 Å². The lowest BCUT2D eigenvalue weighted by molar-refractivity contribution is 0.0754. The number of rotatable bonds is 4. The molecule has 2 rings (SSSR count). The molecule has 2 heterocycles. The maximum atomic E-state index is 4.51. The molecule has 3 nitrogen and oxygen atoms in total. The van der Waals surface area contributed by atoms with Crippen LogP contribution in [0.2, 0.25) is 0 Å². The van der Waals surface area contributed by atoms with Crippen molar-refractivity contribution in [2.45, 2.75) is 58.7 Å². The van der Waals surface area contributed by atoms with Gasteiger partial charge in [0.25, 0.3) is 0 Å². The van der Waals surface area contributed by atoms with Gasteiger partial charge < -0.3 is 5.32 Å². The summed E-state index contributed by atoms with van der Waals surface area (Å²) in [4.78, 5) is 8.43. The minimum atomic E-state index is 0.262. The molecule has 0 bridgehead atoms. The fraction of sp³-hybridized carbons (Fsp3) is 0.786. The Morgan fingerprint density at radius 2 is 2.33 bits per heavy atom. The first kappa shape index (κ1) is 14.0. The van der Waals surface area contributed by atoms with E-state index in [1.807, 2.05) is 17.5 Å². The molecule has 1 N–H and O–H groups in total. The number of aryl methyl sites for hydroxylation is 1. The summed E-state index contributed by atoms with van der Waals surface area (Å²) in [6.07, 6.45) is 4.37. The number of thiazole rings is 1. The molecule has 1 aliphatic heterocycles. The minimum absolute atomic E-state index is 0.262. The molecule has 0 amide bonds.